The van der Waals surface area contributed by atoms with E-state index >= 15 is 0 Å². The number of urea groups is 1. The molecule has 0 unspecified atom stereocenters. The first-order valence-corrected chi connectivity index (χ1v) is 13.1. The van der Waals surface area contributed by atoms with E-state index < -0.39 is 0 Å². The third kappa shape index (κ3) is 7.62. The van der Waals surface area contributed by atoms with Gasteiger partial charge in [-0.15, -0.1) is 0 Å². The van der Waals surface area contributed by atoms with Gasteiger partial charge in [0.05, 0.1) is 0 Å². The van der Waals surface area contributed by atoms with E-state index in [2.05, 4.69) is 23.5 Å². The van der Waals surface area contributed by atoms with Crippen molar-refractivity contribution in [2.24, 2.45) is 0 Å². The van der Waals surface area contributed by atoms with Crippen molar-refractivity contribution in [2.75, 3.05) is 11.4 Å². The van der Waals surface area contributed by atoms with E-state index in [1.807, 2.05) is 53.4 Å². The van der Waals surface area contributed by atoms with Gasteiger partial charge in [-0.1, -0.05) is 67.4 Å². The fourth-order valence-corrected chi connectivity index (χ4v) is 5.20. The van der Waals surface area contributed by atoms with Gasteiger partial charge in [0.25, 0.3) is 0 Å². The number of carbonyl (C=O) groups is 2. The molecule has 182 valence electrons. The second-order valence-corrected chi connectivity index (χ2v) is 9.98. The van der Waals surface area contributed by atoms with Crippen molar-refractivity contribution in [2.45, 2.75) is 61.3 Å². The molecule has 0 aromatic heterocycles. The monoisotopic (exact) mass is 488 g/mol. The molecule has 1 saturated carbocycles. The summed E-state index contributed by atoms with van der Waals surface area (Å²) in [4.78, 5) is 28.5. The maximum Gasteiger partial charge on any atom is 0.322 e. The Morgan fingerprint density at radius 2 is 1.66 bits per heavy atom. The number of anilines is 1. The molecule has 0 bridgehead atoms. The molecule has 0 saturated heterocycles. The predicted octanol–water partition coefficient (Wildman–Crippen LogP) is 6.85. The van der Waals surface area contributed by atoms with E-state index in [1.165, 1.54) is 31.7 Å². The lowest BCUT2D eigenvalue weighted by Gasteiger charge is -2.29. The summed E-state index contributed by atoms with van der Waals surface area (Å²) >= 11 is 1.61. The number of amides is 2. The summed E-state index contributed by atoms with van der Waals surface area (Å²) in [7, 11) is 0. The fraction of sp³-hybridized carbons (Fsp3) is 0.310. The first-order chi connectivity index (χ1) is 17.1. The Morgan fingerprint density at radius 1 is 0.914 bits per heavy atom. The minimum absolute atomic E-state index is 0.0271. The number of rotatable bonds is 8. The minimum atomic E-state index is -0.333. The van der Waals surface area contributed by atoms with Crippen molar-refractivity contribution < 1.29 is 14.3 Å². The standard InChI is InChI=1S/C29H32N2O3S/c1-22(32)34-26-15-17-27(18-16-26)35-28-14-8-13-25(21-28)31(20-19-23-9-4-2-5-10-23)29(33)30-24-11-6-3-7-12-24/h2,4-5,8-10,13-18,21,24H,3,6-7,11-12,19-20H2,1H3,(H,30,33). The number of nitrogens with zero attached hydrogens (tertiary/aromatic N) is 1. The van der Waals surface area contributed by atoms with E-state index in [4.69, 9.17) is 4.74 Å². The zero-order valence-electron chi connectivity index (χ0n) is 20.1. The van der Waals surface area contributed by atoms with Crippen molar-refractivity contribution in [3.8, 4) is 5.75 Å². The summed E-state index contributed by atoms with van der Waals surface area (Å²) < 4.78 is 5.12. The van der Waals surface area contributed by atoms with Crippen molar-refractivity contribution >= 4 is 29.4 Å². The third-order valence-electron chi connectivity index (χ3n) is 6.10. The van der Waals surface area contributed by atoms with Crippen LogP contribution in [0, 0.1) is 0 Å². The number of benzene rings is 3. The lowest BCUT2D eigenvalue weighted by atomic mass is 9.96. The number of nitrogens with one attached hydrogen (secondary N) is 1. The molecule has 1 N–H and O–H groups in total. The topological polar surface area (TPSA) is 58.6 Å². The molecule has 0 spiro atoms. The number of ether oxygens (including phenoxy) is 1. The molecule has 2 amide bonds. The van der Waals surface area contributed by atoms with Crippen LogP contribution >= 0.6 is 11.8 Å². The highest BCUT2D eigenvalue weighted by molar-refractivity contribution is 7.99. The van der Waals surface area contributed by atoms with Crippen LogP contribution in [0.25, 0.3) is 0 Å². The van der Waals surface area contributed by atoms with E-state index in [-0.39, 0.29) is 18.0 Å². The molecule has 3 aromatic carbocycles. The van der Waals surface area contributed by atoms with Crippen LogP contribution < -0.4 is 15.0 Å². The Labute approximate surface area is 211 Å². The normalized spacial score (nSPS) is 13.7. The largest absolute Gasteiger partial charge is 0.427 e. The van der Waals surface area contributed by atoms with Gasteiger partial charge in [0.1, 0.15) is 5.75 Å². The fourth-order valence-electron chi connectivity index (χ4n) is 4.33. The summed E-state index contributed by atoms with van der Waals surface area (Å²) in [6.45, 7) is 2.00. The van der Waals surface area contributed by atoms with E-state index in [0.29, 0.717) is 12.3 Å². The summed E-state index contributed by atoms with van der Waals surface area (Å²) in [5, 5.41) is 3.28. The molecule has 0 heterocycles. The van der Waals surface area contributed by atoms with Crippen molar-refractivity contribution in [1.29, 1.82) is 0 Å². The Balaban J connectivity index is 1.49. The van der Waals surface area contributed by atoms with E-state index in [1.54, 1.807) is 23.9 Å². The molecule has 0 atom stereocenters. The Bertz CT molecular complexity index is 1110. The van der Waals surface area contributed by atoms with Crippen LogP contribution in [0.15, 0.2) is 88.7 Å². The molecule has 1 aliphatic carbocycles. The summed E-state index contributed by atoms with van der Waals surface area (Å²) in [6.07, 6.45) is 6.50. The van der Waals surface area contributed by atoms with Crippen molar-refractivity contribution in [1.82, 2.24) is 5.32 Å². The van der Waals surface area contributed by atoms with Gasteiger partial charge in [0.15, 0.2) is 0 Å². The molecule has 3 aromatic rings. The second-order valence-electron chi connectivity index (χ2n) is 8.84. The quantitative estimate of drug-likeness (QED) is 0.278. The van der Waals surface area contributed by atoms with Crippen LogP contribution in [0.1, 0.15) is 44.6 Å². The lowest BCUT2D eigenvalue weighted by Crippen LogP contribution is -2.46. The van der Waals surface area contributed by atoms with Gasteiger partial charge in [-0.05, 0) is 67.3 Å². The SMILES string of the molecule is CC(=O)Oc1ccc(Sc2cccc(N(CCc3ccccc3)C(=O)NC3CCCCC3)c2)cc1. The highest BCUT2D eigenvalue weighted by atomic mass is 32.2. The average molecular weight is 489 g/mol. The van der Waals surface area contributed by atoms with E-state index in [9.17, 15) is 9.59 Å². The molecule has 6 heteroatoms. The molecule has 5 nitrogen and oxygen atoms in total. The van der Waals surface area contributed by atoms with Gasteiger partial charge in [-0.2, -0.15) is 0 Å². The van der Waals surface area contributed by atoms with Crippen LogP contribution in [0.3, 0.4) is 0 Å². The first kappa shape index (κ1) is 24.9. The van der Waals surface area contributed by atoms with Gasteiger partial charge < -0.3 is 10.1 Å². The smallest absolute Gasteiger partial charge is 0.322 e. The molecule has 35 heavy (non-hydrogen) atoms. The first-order valence-electron chi connectivity index (χ1n) is 12.3. The summed E-state index contributed by atoms with van der Waals surface area (Å²) in [6, 6.07) is 26.0. The van der Waals surface area contributed by atoms with Gasteiger partial charge in [-0.25, -0.2) is 4.79 Å². The Hall–Kier alpha value is -3.25. The molecular weight excluding hydrogens is 456 g/mol. The molecule has 1 fully saturated rings. The van der Waals surface area contributed by atoms with Gasteiger partial charge >= 0.3 is 12.0 Å². The van der Waals surface area contributed by atoms with Crippen molar-refractivity contribution in [3.05, 3.63) is 84.4 Å². The van der Waals surface area contributed by atoms with E-state index in [0.717, 1.165) is 34.7 Å². The molecular formula is C29H32N2O3S. The number of hydrogen-bond donors (Lipinski definition) is 1. The average Bonchev–Trinajstić information content (AvgIpc) is 2.87. The zero-order chi connectivity index (χ0) is 24.5. The van der Waals surface area contributed by atoms with Crippen LogP contribution in [0.2, 0.25) is 0 Å². The van der Waals surface area contributed by atoms with Gasteiger partial charge in [-0.3, -0.25) is 9.69 Å². The van der Waals surface area contributed by atoms with Gasteiger partial charge in [0.2, 0.25) is 0 Å². The second kappa shape index (κ2) is 12.5. The van der Waals surface area contributed by atoms with Crippen LogP contribution in [0.4, 0.5) is 10.5 Å². The predicted molar refractivity (Wildman–Crippen MR) is 141 cm³/mol. The maximum absolute atomic E-state index is 13.4. The number of carbonyl (C=O) groups excluding carboxylic acids is 2. The minimum Gasteiger partial charge on any atom is -0.427 e. The Kier molecular flexibility index (Phi) is 8.85. The maximum atomic E-state index is 13.4. The highest BCUT2D eigenvalue weighted by Crippen LogP contribution is 2.32. The number of esters is 1. The lowest BCUT2D eigenvalue weighted by molar-refractivity contribution is -0.131. The zero-order valence-corrected chi connectivity index (χ0v) is 20.9. The molecule has 0 radical (unpaired) electrons. The summed E-state index contributed by atoms with van der Waals surface area (Å²) in [5.74, 6) is 0.197. The third-order valence-corrected chi connectivity index (χ3v) is 7.09. The van der Waals surface area contributed by atoms with Crippen LogP contribution in [0.5, 0.6) is 5.75 Å². The molecule has 4 rings (SSSR count). The number of hydrogen-bond acceptors (Lipinski definition) is 4. The highest BCUT2D eigenvalue weighted by Gasteiger charge is 2.21. The molecule has 1 aliphatic rings. The molecule has 0 aliphatic heterocycles. The Morgan fingerprint density at radius 3 is 2.37 bits per heavy atom. The van der Waals surface area contributed by atoms with Crippen molar-refractivity contribution in [3.63, 3.8) is 0 Å². The van der Waals surface area contributed by atoms with Crippen LogP contribution in [-0.2, 0) is 11.2 Å². The van der Waals surface area contributed by atoms with Crippen LogP contribution in [-0.4, -0.2) is 24.6 Å². The summed E-state index contributed by atoms with van der Waals surface area (Å²) in [5.41, 5.74) is 2.09. The van der Waals surface area contributed by atoms with Gasteiger partial charge in [0, 0.05) is 35.0 Å².